The molecule has 0 bridgehead atoms. The molecule has 8 heteroatoms. The monoisotopic (exact) mass is 428 g/mol. The highest BCUT2D eigenvalue weighted by Crippen LogP contribution is 2.38. The van der Waals surface area contributed by atoms with E-state index in [-0.39, 0.29) is 11.6 Å². The third-order valence-corrected chi connectivity index (χ3v) is 5.23. The average molecular weight is 428 g/mol. The predicted octanol–water partition coefficient (Wildman–Crippen LogP) is 5.11. The SMILES string of the molecule is Cc1cc([N+](=O)[O-])ccc1C(=O)N1CCCC(OC(=O)C(C)(C)C)c2cc(F)ccc21. The quantitative estimate of drug-likeness (QED) is 0.385. The molecule has 1 aliphatic heterocycles. The molecule has 0 saturated heterocycles. The number of non-ortho nitro benzene ring substituents is 1. The van der Waals surface area contributed by atoms with Crippen molar-refractivity contribution in [2.75, 3.05) is 11.4 Å². The van der Waals surface area contributed by atoms with E-state index in [9.17, 15) is 24.1 Å². The number of aryl methyl sites for hydroxylation is 1. The molecule has 0 radical (unpaired) electrons. The number of esters is 1. The summed E-state index contributed by atoms with van der Waals surface area (Å²) in [7, 11) is 0. The summed E-state index contributed by atoms with van der Waals surface area (Å²) in [6, 6.07) is 8.13. The van der Waals surface area contributed by atoms with Gasteiger partial charge in [-0.3, -0.25) is 19.7 Å². The number of benzene rings is 2. The van der Waals surface area contributed by atoms with Gasteiger partial charge in [0, 0.05) is 29.8 Å². The number of ether oxygens (including phenoxy) is 1. The highest BCUT2D eigenvalue weighted by Gasteiger charge is 2.33. The predicted molar refractivity (Wildman–Crippen MR) is 113 cm³/mol. The fourth-order valence-corrected chi connectivity index (χ4v) is 3.53. The molecule has 0 aliphatic carbocycles. The van der Waals surface area contributed by atoms with Crippen LogP contribution in [-0.2, 0) is 9.53 Å². The van der Waals surface area contributed by atoms with Gasteiger partial charge in [-0.1, -0.05) is 0 Å². The normalized spacial score (nSPS) is 16.3. The molecule has 0 aromatic heterocycles. The summed E-state index contributed by atoms with van der Waals surface area (Å²) in [6.45, 7) is 7.21. The van der Waals surface area contributed by atoms with E-state index in [2.05, 4.69) is 0 Å². The van der Waals surface area contributed by atoms with Gasteiger partial charge in [-0.05, 0) is 70.4 Å². The van der Waals surface area contributed by atoms with Gasteiger partial charge in [0.05, 0.1) is 16.0 Å². The minimum atomic E-state index is -0.717. The number of nitro groups is 1. The molecule has 164 valence electrons. The van der Waals surface area contributed by atoms with Gasteiger partial charge in [-0.15, -0.1) is 0 Å². The Labute approximate surface area is 180 Å². The Morgan fingerprint density at radius 3 is 2.52 bits per heavy atom. The first-order valence-electron chi connectivity index (χ1n) is 10.1. The fourth-order valence-electron chi connectivity index (χ4n) is 3.53. The molecule has 0 spiro atoms. The van der Waals surface area contributed by atoms with Gasteiger partial charge >= 0.3 is 5.97 Å². The summed E-state index contributed by atoms with van der Waals surface area (Å²) in [5, 5.41) is 11.0. The van der Waals surface area contributed by atoms with E-state index in [0.717, 1.165) is 0 Å². The second-order valence-electron chi connectivity index (χ2n) is 8.70. The highest BCUT2D eigenvalue weighted by molar-refractivity contribution is 6.07. The molecule has 1 aliphatic rings. The van der Waals surface area contributed by atoms with Gasteiger partial charge in [0.1, 0.15) is 11.9 Å². The molecule has 7 nitrogen and oxygen atoms in total. The zero-order chi connectivity index (χ0) is 22.9. The molecule has 0 saturated carbocycles. The molecule has 1 atom stereocenters. The number of carbonyl (C=O) groups excluding carboxylic acids is 2. The lowest BCUT2D eigenvalue weighted by Gasteiger charge is -2.26. The zero-order valence-electron chi connectivity index (χ0n) is 18.0. The minimum Gasteiger partial charge on any atom is -0.457 e. The van der Waals surface area contributed by atoms with E-state index < -0.39 is 28.2 Å². The number of nitrogens with zero attached hydrogens (tertiary/aromatic N) is 2. The maximum Gasteiger partial charge on any atom is 0.311 e. The van der Waals surface area contributed by atoms with Gasteiger partial charge in [0.15, 0.2) is 0 Å². The van der Waals surface area contributed by atoms with E-state index in [1.54, 1.807) is 27.7 Å². The second kappa shape index (κ2) is 8.45. The van der Waals surface area contributed by atoms with Gasteiger partial charge in [-0.25, -0.2) is 4.39 Å². The molecule has 1 amide bonds. The Hall–Kier alpha value is -3.29. The van der Waals surface area contributed by atoms with Crippen LogP contribution in [0.25, 0.3) is 0 Å². The Morgan fingerprint density at radius 1 is 1.19 bits per heavy atom. The molecular weight excluding hydrogens is 403 g/mol. The number of nitro benzene ring substituents is 1. The highest BCUT2D eigenvalue weighted by atomic mass is 19.1. The maximum atomic E-state index is 14.1. The van der Waals surface area contributed by atoms with Crippen molar-refractivity contribution >= 4 is 23.3 Å². The topological polar surface area (TPSA) is 89.8 Å². The minimum absolute atomic E-state index is 0.0958. The first kappa shape index (κ1) is 22.4. The van der Waals surface area contributed by atoms with Gasteiger partial charge in [0.25, 0.3) is 11.6 Å². The summed E-state index contributed by atoms with van der Waals surface area (Å²) in [6.07, 6.45) is 0.311. The third kappa shape index (κ3) is 4.73. The third-order valence-electron chi connectivity index (χ3n) is 5.23. The average Bonchev–Trinajstić information content (AvgIpc) is 2.86. The molecule has 2 aromatic carbocycles. The second-order valence-corrected chi connectivity index (χ2v) is 8.70. The molecule has 1 unspecified atom stereocenters. The van der Waals surface area contributed by atoms with E-state index >= 15 is 0 Å². The van der Waals surface area contributed by atoms with Crippen LogP contribution >= 0.6 is 0 Å². The lowest BCUT2D eigenvalue weighted by Crippen LogP contribution is -2.32. The van der Waals surface area contributed by atoms with Crippen molar-refractivity contribution in [3.63, 3.8) is 0 Å². The number of rotatable bonds is 3. The number of anilines is 1. The van der Waals surface area contributed by atoms with Crippen molar-refractivity contribution in [2.45, 2.75) is 46.6 Å². The van der Waals surface area contributed by atoms with Crippen LogP contribution in [0.5, 0.6) is 0 Å². The number of amides is 1. The van der Waals surface area contributed by atoms with Gasteiger partial charge in [-0.2, -0.15) is 0 Å². The Bertz CT molecular complexity index is 1040. The summed E-state index contributed by atoms with van der Waals surface area (Å²) >= 11 is 0. The smallest absolute Gasteiger partial charge is 0.311 e. The number of halogens is 1. The molecule has 0 fully saturated rings. The molecule has 1 heterocycles. The van der Waals surface area contributed by atoms with Crippen LogP contribution < -0.4 is 4.90 Å². The van der Waals surface area contributed by atoms with Crippen LogP contribution in [0.2, 0.25) is 0 Å². The van der Waals surface area contributed by atoms with Crippen molar-refractivity contribution in [3.8, 4) is 0 Å². The molecular formula is C23H25FN2O5. The van der Waals surface area contributed by atoms with Crippen molar-refractivity contribution in [1.29, 1.82) is 0 Å². The summed E-state index contributed by atoms with van der Waals surface area (Å²) in [5.74, 6) is -1.24. The van der Waals surface area contributed by atoms with Crippen molar-refractivity contribution < 1.29 is 23.6 Å². The largest absolute Gasteiger partial charge is 0.457 e. The number of hydrogen-bond donors (Lipinski definition) is 0. The number of hydrogen-bond acceptors (Lipinski definition) is 5. The van der Waals surface area contributed by atoms with Crippen molar-refractivity contribution in [1.82, 2.24) is 0 Å². The Kier molecular flexibility index (Phi) is 6.10. The molecule has 0 N–H and O–H groups in total. The van der Waals surface area contributed by atoms with Crippen LogP contribution in [0.4, 0.5) is 15.8 Å². The van der Waals surface area contributed by atoms with Crippen LogP contribution in [0.3, 0.4) is 0 Å². The van der Waals surface area contributed by atoms with E-state index in [1.165, 1.54) is 41.3 Å². The summed E-state index contributed by atoms with van der Waals surface area (Å²) in [4.78, 5) is 37.8. The van der Waals surface area contributed by atoms with Crippen LogP contribution in [0, 0.1) is 28.3 Å². The summed E-state index contributed by atoms with van der Waals surface area (Å²) in [5.41, 5.74) is 0.886. The van der Waals surface area contributed by atoms with Crippen LogP contribution in [0.15, 0.2) is 36.4 Å². The van der Waals surface area contributed by atoms with E-state index in [1.807, 2.05) is 0 Å². The van der Waals surface area contributed by atoms with Crippen LogP contribution in [-0.4, -0.2) is 23.3 Å². The lowest BCUT2D eigenvalue weighted by atomic mass is 9.96. The molecule has 2 aromatic rings. The fraction of sp³-hybridized carbons (Fsp3) is 0.391. The first-order valence-corrected chi connectivity index (χ1v) is 10.1. The summed E-state index contributed by atoms with van der Waals surface area (Å²) < 4.78 is 19.8. The zero-order valence-corrected chi connectivity index (χ0v) is 18.0. The van der Waals surface area contributed by atoms with E-state index in [0.29, 0.717) is 41.8 Å². The number of carbonyl (C=O) groups is 2. The van der Waals surface area contributed by atoms with Crippen LogP contribution in [0.1, 0.15) is 61.2 Å². The Balaban J connectivity index is 2.00. The van der Waals surface area contributed by atoms with Gasteiger partial charge < -0.3 is 9.64 Å². The van der Waals surface area contributed by atoms with Crippen molar-refractivity contribution in [3.05, 3.63) is 69.0 Å². The first-order chi connectivity index (χ1) is 14.5. The molecule has 31 heavy (non-hydrogen) atoms. The lowest BCUT2D eigenvalue weighted by molar-refractivity contribution is -0.384. The Morgan fingerprint density at radius 2 is 1.90 bits per heavy atom. The number of fused-ring (bicyclic) bond motifs is 1. The van der Waals surface area contributed by atoms with Crippen molar-refractivity contribution in [2.24, 2.45) is 5.41 Å². The molecule has 3 rings (SSSR count). The van der Waals surface area contributed by atoms with Gasteiger partial charge in [0.2, 0.25) is 0 Å². The standard InChI is InChI=1S/C23H25FN2O5/c1-14-12-16(26(29)30)8-9-17(14)21(27)25-11-5-6-20(31-22(28)23(2,3)4)18-13-15(24)7-10-19(18)25/h7-10,12-13,20H,5-6,11H2,1-4H3. The maximum absolute atomic E-state index is 14.1. The van der Waals surface area contributed by atoms with E-state index in [4.69, 9.17) is 4.74 Å².